The van der Waals surface area contributed by atoms with Crippen LogP contribution in [0.15, 0.2) is 43.0 Å². The van der Waals surface area contributed by atoms with Crippen molar-refractivity contribution in [1.82, 2.24) is 19.5 Å². The third-order valence-corrected chi connectivity index (χ3v) is 4.88. The monoisotopic (exact) mass is 385 g/mol. The maximum atomic E-state index is 12.4. The zero-order chi connectivity index (χ0) is 19.7. The number of ether oxygens (including phenoxy) is 1. The van der Waals surface area contributed by atoms with Gasteiger partial charge in [-0.05, 0) is 12.1 Å². The molecule has 1 fully saturated rings. The van der Waals surface area contributed by atoms with Crippen LogP contribution in [0.1, 0.15) is 23.0 Å². The summed E-state index contributed by atoms with van der Waals surface area (Å²) in [5.41, 5.74) is -0.220. The third-order valence-electron chi connectivity index (χ3n) is 4.88. The summed E-state index contributed by atoms with van der Waals surface area (Å²) in [6, 6.07) is 8.70. The Morgan fingerprint density at radius 3 is 2.64 bits per heavy atom. The summed E-state index contributed by atoms with van der Waals surface area (Å²) in [7, 11) is 0. The summed E-state index contributed by atoms with van der Waals surface area (Å²) >= 11 is 0. The second kappa shape index (κ2) is 7.24. The van der Waals surface area contributed by atoms with E-state index in [1.54, 1.807) is 28.8 Å². The Morgan fingerprint density at radius 2 is 1.96 bits per heavy atom. The molecule has 1 amide bonds. The van der Waals surface area contributed by atoms with Gasteiger partial charge in [0.2, 0.25) is 0 Å². The Labute approximate surface area is 159 Å². The topological polar surface area (TPSA) is 143 Å². The molecule has 4 rings (SSSR count). The highest BCUT2D eigenvalue weighted by Crippen LogP contribution is 2.37. The van der Waals surface area contributed by atoms with Crippen molar-refractivity contribution in [2.45, 2.75) is 24.4 Å². The number of fused-ring (bicyclic) bond motifs is 1. The molecule has 4 N–H and O–H groups in total. The first-order valence-electron chi connectivity index (χ1n) is 8.69. The van der Waals surface area contributed by atoms with E-state index in [4.69, 9.17) is 4.74 Å². The fourth-order valence-corrected chi connectivity index (χ4v) is 3.23. The number of hydrogen-bond donors (Lipinski definition) is 4. The van der Waals surface area contributed by atoms with Crippen molar-refractivity contribution < 1.29 is 24.9 Å². The maximum absolute atomic E-state index is 12.4. The van der Waals surface area contributed by atoms with Crippen LogP contribution in [0.3, 0.4) is 0 Å². The molecule has 2 aromatic heterocycles. The van der Waals surface area contributed by atoms with Crippen LogP contribution >= 0.6 is 0 Å². The lowest BCUT2D eigenvalue weighted by molar-refractivity contribution is -0.148. The second-order valence-electron chi connectivity index (χ2n) is 6.57. The quantitative estimate of drug-likeness (QED) is 0.484. The van der Waals surface area contributed by atoms with Gasteiger partial charge >= 0.3 is 0 Å². The van der Waals surface area contributed by atoms with E-state index in [0.29, 0.717) is 16.7 Å². The fourth-order valence-electron chi connectivity index (χ4n) is 3.23. The highest BCUT2D eigenvalue weighted by atomic mass is 16.6. The first kappa shape index (κ1) is 18.4. The molecule has 28 heavy (non-hydrogen) atoms. The number of rotatable bonds is 5. The van der Waals surface area contributed by atoms with Gasteiger partial charge in [0, 0.05) is 12.0 Å². The Balaban J connectivity index is 1.64. The van der Waals surface area contributed by atoms with Crippen molar-refractivity contribution in [3.8, 4) is 0 Å². The molecule has 146 valence electrons. The Kier molecular flexibility index (Phi) is 4.77. The number of benzene rings is 1. The molecule has 2 atom stereocenters. The molecule has 0 radical (unpaired) electrons. The van der Waals surface area contributed by atoms with E-state index in [-0.39, 0.29) is 18.1 Å². The van der Waals surface area contributed by atoms with Gasteiger partial charge in [-0.3, -0.25) is 9.36 Å². The number of carbonyl (C=O) groups is 1. The van der Waals surface area contributed by atoms with E-state index in [9.17, 15) is 20.1 Å². The van der Waals surface area contributed by atoms with Crippen molar-refractivity contribution in [3.63, 3.8) is 0 Å². The van der Waals surface area contributed by atoms with Crippen molar-refractivity contribution >= 4 is 22.9 Å². The molecule has 0 bridgehead atoms. The van der Waals surface area contributed by atoms with Gasteiger partial charge in [0.05, 0.1) is 25.6 Å². The summed E-state index contributed by atoms with van der Waals surface area (Å²) < 4.78 is 7.30. The minimum absolute atomic E-state index is 0.141. The summed E-state index contributed by atoms with van der Waals surface area (Å²) in [6.07, 6.45) is 1.15. The first-order valence-corrected chi connectivity index (χ1v) is 8.69. The van der Waals surface area contributed by atoms with E-state index in [2.05, 4.69) is 20.3 Å². The first-order chi connectivity index (χ1) is 13.6. The van der Waals surface area contributed by atoms with Gasteiger partial charge in [0.25, 0.3) is 5.91 Å². The van der Waals surface area contributed by atoms with E-state index >= 15 is 0 Å². The summed E-state index contributed by atoms with van der Waals surface area (Å²) in [5.74, 6) is -0.0889. The third kappa shape index (κ3) is 3.02. The highest BCUT2D eigenvalue weighted by Gasteiger charge is 2.48. The van der Waals surface area contributed by atoms with Crippen molar-refractivity contribution in [2.75, 3.05) is 18.5 Å². The lowest BCUT2D eigenvalue weighted by atomic mass is 9.99. The smallest absolute Gasteiger partial charge is 0.256 e. The van der Waals surface area contributed by atoms with E-state index < -0.39 is 31.1 Å². The number of carbonyl (C=O) groups excluding carboxylic acids is 1. The molecule has 10 heteroatoms. The number of anilines is 1. The Morgan fingerprint density at radius 1 is 1.21 bits per heavy atom. The van der Waals surface area contributed by atoms with Crippen LogP contribution in [0.4, 0.5) is 5.82 Å². The molecule has 10 nitrogen and oxygen atoms in total. The zero-order valence-corrected chi connectivity index (χ0v) is 14.8. The molecular formula is C18H19N5O5. The minimum atomic E-state index is -1.45. The fraction of sp³-hybridized carbons (Fsp3) is 0.333. The predicted molar refractivity (Wildman–Crippen MR) is 97.4 cm³/mol. The number of imidazole rings is 1. The van der Waals surface area contributed by atoms with Crippen LogP contribution < -0.4 is 5.32 Å². The molecule has 1 aromatic carbocycles. The minimum Gasteiger partial charge on any atom is -0.393 e. The summed E-state index contributed by atoms with van der Waals surface area (Å²) in [5, 5.41) is 32.0. The van der Waals surface area contributed by atoms with Crippen molar-refractivity contribution in [2.24, 2.45) is 0 Å². The van der Waals surface area contributed by atoms with Gasteiger partial charge in [-0.15, -0.1) is 0 Å². The van der Waals surface area contributed by atoms with Gasteiger partial charge < -0.3 is 25.4 Å². The van der Waals surface area contributed by atoms with E-state index in [1.165, 1.54) is 12.7 Å². The predicted octanol–water partition coefficient (Wildman–Crippen LogP) is 0.0818. The van der Waals surface area contributed by atoms with Crippen molar-refractivity contribution in [3.05, 3.63) is 48.5 Å². The van der Waals surface area contributed by atoms with Crippen LogP contribution in [0.5, 0.6) is 0 Å². The number of aromatic nitrogens is 4. The molecule has 3 aromatic rings. The van der Waals surface area contributed by atoms with Crippen LogP contribution in [-0.2, 0) is 4.74 Å². The molecule has 0 aliphatic carbocycles. The van der Waals surface area contributed by atoms with Gasteiger partial charge in [0.1, 0.15) is 18.2 Å². The number of nitrogens with one attached hydrogen (secondary N) is 1. The van der Waals surface area contributed by atoms with E-state index in [1.807, 2.05) is 6.07 Å². The Bertz CT molecular complexity index is 988. The highest BCUT2D eigenvalue weighted by molar-refractivity contribution is 6.06. The molecule has 1 aliphatic rings. The second-order valence-corrected chi connectivity index (χ2v) is 6.57. The van der Waals surface area contributed by atoms with Gasteiger partial charge in [0.15, 0.2) is 17.0 Å². The van der Waals surface area contributed by atoms with Gasteiger partial charge in [-0.1, -0.05) is 18.2 Å². The maximum Gasteiger partial charge on any atom is 0.256 e. The Hall–Kier alpha value is -2.92. The van der Waals surface area contributed by atoms with Gasteiger partial charge in [-0.2, -0.15) is 0 Å². The standard InChI is InChI=1S/C18H19N5O5/c24-7-18(8-25)12(26)6-13(28-18)23-10-21-14-15(19-9-20-16(14)23)22-17(27)11-4-2-1-3-5-11/h1-5,9-10,12-13,24-26H,6-8H2,(H,19,20,22,27)/t12-,13+/m0/s1. The normalized spacial score (nSPS) is 21.1. The van der Waals surface area contributed by atoms with Crippen LogP contribution in [-0.4, -0.2) is 65.7 Å². The SMILES string of the molecule is O=C(Nc1ncnc2c1ncn2[C@H]1C[C@H](O)C(CO)(CO)O1)c1ccccc1. The molecule has 0 saturated carbocycles. The average Bonchev–Trinajstić information content (AvgIpc) is 3.30. The number of hydrogen-bond acceptors (Lipinski definition) is 8. The van der Waals surface area contributed by atoms with E-state index in [0.717, 1.165) is 0 Å². The van der Waals surface area contributed by atoms with Gasteiger partial charge in [-0.25, -0.2) is 15.0 Å². The molecular weight excluding hydrogens is 366 g/mol. The summed E-state index contributed by atoms with van der Waals surface area (Å²) in [4.78, 5) is 25.0. The molecule has 1 saturated heterocycles. The largest absolute Gasteiger partial charge is 0.393 e. The van der Waals surface area contributed by atoms with Crippen LogP contribution in [0, 0.1) is 0 Å². The van der Waals surface area contributed by atoms with Crippen LogP contribution in [0.2, 0.25) is 0 Å². The average molecular weight is 385 g/mol. The van der Waals surface area contributed by atoms with Crippen molar-refractivity contribution in [1.29, 1.82) is 0 Å². The molecule has 3 heterocycles. The molecule has 1 aliphatic heterocycles. The molecule has 0 spiro atoms. The number of aliphatic hydroxyl groups excluding tert-OH is 3. The number of nitrogens with zero attached hydrogens (tertiary/aromatic N) is 4. The molecule has 0 unspecified atom stereocenters. The summed E-state index contributed by atoms with van der Waals surface area (Å²) in [6.45, 7) is -1.05. The number of amides is 1. The number of aliphatic hydroxyl groups is 3. The lowest BCUT2D eigenvalue weighted by Crippen LogP contribution is -2.46. The lowest BCUT2D eigenvalue weighted by Gasteiger charge is -2.27. The zero-order valence-electron chi connectivity index (χ0n) is 14.8. The van der Waals surface area contributed by atoms with Crippen LogP contribution in [0.25, 0.3) is 11.2 Å².